The van der Waals surface area contributed by atoms with Crippen LogP contribution in [0.4, 0.5) is 11.8 Å². The van der Waals surface area contributed by atoms with E-state index in [2.05, 4.69) is 25.9 Å². The van der Waals surface area contributed by atoms with Gasteiger partial charge in [-0.05, 0) is 33.6 Å². The number of nitrogens with zero attached hydrogens (tertiary/aromatic N) is 2. The molecule has 0 amide bonds. The lowest BCUT2D eigenvalue weighted by Gasteiger charge is -2.08. The molecule has 88 valence electrons. The third-order valence-electron chi connectivity index (χ3n) is 2.30. The largest absolute Gasteiger partial charge is 0.496 e. The Bertz CT molecular complexity index is 559. The summed E-state index contributed by atoms with van der Waals surface area (Å²) in [6, 6.07) is 5.62. The van der Waals surface area contributed by atoms with E-state index in [1.807, 2.05) is 18.2 Å². The van der Waals surface area contributed by atoms with Crippen molar-refractivity contribution in [3.63, 3.8) is 0 Å². The Morgan fingerprint density at radius 2 is 2.06 bits per heavy atom. The van der Waals surface area contributed by atoms with Gasteiger partial charge < -0.3 is 16.2 Å². The molecule has 1 heterocycles. The van der Waals surface area contributed by atoms with Crippen LogP contribution in [0.1, 0.15) is 0 Å². The van der Waals surface area contributed by atoms with Crippen molar-refractivity contribution in [3.8, 4) is 16.9 Å². The van der Waals surface area contributed by atoms with Gasteiger partial charge in [0.15, 0.2) is 0 Å². The first kappa shape index (κ1) is 11.7. The average molecular weight is 295 g/mol. The van der Waals surface area contributed by atoms with Crippen LogP contribution in [0.3, 0.4) is 0 Å². The Morgan fingerprint density at radius 1 is 1.29 bits per heavy atom. The summed E-state index contributed by atoms with van der Waals surface area (Å²) in [7, 11) is 1.61. The minimum atomic E-state index is 0.166. The van der Waals surface area contributed by atoms with Crippen molar-refractivity contribution < 1.29 is 4.74 Å². The van der Waals surface area contributed by atoms with Gasteiger partial charge in [-0.3, -0.25) is 0 Å². The van der Waals surface area contributed by atoms with E-state index in [-0.39, 0.29) is 5.95 Å². The second-order valence-corrected chi connectivity index (χ2v) is 4.23. The number of benzene rings is 1. The van der Waals surface area contributed by atoms with Gasteiger partial charge in [0.05, 0.1) is 11.6 Å². The number of rotatable bonds is 2. The number of methoxy groups -OCH3 is 1. The van der Waals surface area contributed by atoms with E-state index >= 15 is 0 Å². The van der Waals surface area contributed by atoms with Gasteiger partial charge in [-0.2, -0.15) is 4.98 Å². The molecule has 0 bridgehead atoms. The molecule has 0 unspecified atom stereocenters. The number of hydrogen-bond donors (Lipinski definition) is 2. The van der Waals surface area contributed by atoms with Crippen LogP contribution in [-0.4, -0.2) is 17.1 Å². The number of aromatic nitrogens is 2. The number of hydrogen-bond acceptors (Lipinski definition) is 5. The Labute approximate surface area is 107 Å². The Kier molecular flexibility index (Phi) is 3.14. The standard InChI is InChI=1S/C11H11BrN4O/c1-17-9-3-2-6(4-8(9)12)7-5-15-11(14)16-10(7)13/h2-5H,1H3,(H4,13,14,15,16). The van der Waals surface area contributed by atoms with Crippen molar-refractivity contribution in [2.45, 2.75) is 0 Å². The van der Waals surface area contributed by atoms with Gasteiger partial charge in [0.1, 0.15) is 11.6 Å². The molecule has 0 aliphatic heterocycles. The number of anilines is 2. The molecular weight excluding hydrogens is 284 g/mol. The van der Waals surface area contributed by atoms with Crippen LogP contribution in [-0.2, 0) is 0 Å². The predicted molar refractivity (Wildman–Crippen MR) is 70.5 cm³/mol. The summed E-state index contributed by atoms with van der Waals surface area (Å²) in [6.07, 6.45) is 1.60. The van der Waals surface area contributed by atoms with Gasteiger partial charge in [-0.1, -0.05) is 6.07 Å². The molecule has 2 aromatic rings. The van der Waals surface area contributed by atoms with Crippen LogP contribution in [0, 0.1) is 0 Å². The molecule has 1 aromatic heterocycles. The molecule has 6 heteroatoms. The van der Waals surface area contributed by atoms with E-state index < -0.39 is 0 Å². The third kappa shape index (κ3) is 2.31. The van der Waals surface area contributed by atoms with Gasteiger partial charge in [0.25, 0.3) is 0 Å². The van der Waals surface area contributed by atoms with Gasteiger partial charge in [0.2, 0.25) is 5.95 Å². The summed E-state index contributed by atoms with van der Waals surface area (Å²) in [5.41, 5.74) is 12.9. The summed E-state index contributed by atoms with van der Waals surface area (Å²) in [5, 5.41) is 0. The molecule has 5 nitrogen and oxygen atoms in total. The summed E-state index contributed by atoms with van der Waals surface area (Å²) < 4.78 is 6.00. The molecule has 0 atom stereocenters. The summed E-state index contributed by atoms with van der Waals surface area (Å²) in [6.45, 7) is 0. The highest BCUT2D eigenvalue weighted by atomic mass is 79.9. The lowest BCUT2D eigenvalue weighted by atomic mass is 10.1. The van der Waals surface area contributed by atoms with E-state index in [1.165, 1.54) is 0 Å². The Morgan fingerprint density at radius 3 is 2.65 bits per heavy atom. The molecule has 0 spiro atoms. The number of ether oxygens (including phenoxy) is 1. The Hall–Kier alpha value is -1.82. The maximum Gasteiger partial charge on any atom is 0.221 e. The maximum absolute atomic E-state index is 5.80. The quantitative estimate of drug-likeness (QED) is 0.885. The van der Waals surface area contributed by atoms with E-state index in [9.17, 15) is 0 Å². The first-order valence-electron chi connectivity index (χ1n) is 4.83. The fraction of sp³-hybridized carbons (Fsp3) is 0.0909. The molecule has 0 aliphatic rings. The van der Waals surface area contributed by atoms with Crippen LogP contribution >= 0.6 is 15.9 Å². The molecular formula is C11H11BrN4O. The molecule has 0 fully saturated rings. The van der Waals surface area contributed by atoms with Crippen molar-refractivity contribution in [1.29, 1.82) is 0 Å². The highest BCUT2D eigenvalue weighted by Crippen LogP contribution is 2.32. The molecule has 0 saturated carbocycles. The third-order valence-corrected chi connectivity index (χ3v) is 2.92. The highest BCUT2D eigenvalue weighted by Gasteiger charge is 2.08. The van der Waals surface area contributed by atoms with Gasteiger partial charge in [-0.15, -0.1) is 0 Å². The highest BCUT2D eigenvalue weighted by molar-refractivity contribution is 9.10. The fourth-order valence-electron chi connectivity index (χ4n) is 1.47. The normalized spacial score (nSPS) is 10.2. The van der Waals surface area contributed by atoms with Crippen LogP contribution in [0.5, 0.6) is 5.75 Å². The summed E-state index contributed by atoms with van der Waals surface area (Å²) in [5.74, 6) is 1.28. The SMILES string of the molecule is COc1ccc(-c2cnc(N)nc2N)cc1Br. The zero-order valence-corrected chi connectivity index (χ0v) is 10.7. The van der Waals surface area contributed by atoms with E-state index in [0.717, 1.165) is 21.3 Å². The average Bonchev–Trinajstić information content (AvgIpc) is 2.29. The van der Waals surface area contributed by atoms with Crippen LogP contribution in [0.25, 0.3) is 11.1 Å². The van der Waals surface area contributed by atoms with Crippen molar-refractivity contribution >= 4 is 27.7 Å². The zero-order valence-electron chi connectivity index (χ0n) is 9.14. The number of nitrogen functional groups attached to an aromatic ring is 2. The van der Waals surface area contributed by atoms with Crippen LogP contribution < -0.4 is 16.2 Å². The molecule has 0 aliphatic carbocycles. The van der Waals surface area contributed by atoms with E-state index in [0.29, 0.717) is 5.82 Å². The smallest absolute Gasteiger partial charge is 0.221 e. The van der Waals surface area contributed by atoms with Crippen molar-refractivity contribution in [2.24, 2.45) is 0 Å². The molecule has 1 aromatic carbocycles. The van der Waals surface area contributed by atoms with Crippen LogP contribution in [0.2, 0.25) is 0 Å². The molecule has 17 heavy (non-hydrogen) atoms. The zero-order chi connectivity index (χ0) is 12.4. The minimum absolute atomic E-state index is 0.166. The summed E-state index contributed by atoms with van der Waals surface area (Å²) in [4.78, 5) is 7.85. The second-order valence-electron chi connectivity index (χ2n) is 3.38. The van der Waals surface area contributed by atoms with Crippen molar-refractivity contribution in [2.75, 3.05) is 18.6 Å². The van der Waals surface area contributed by atoms with E-state index in [4.69, 9.17) is 16.2 Å². The molecule has 4 N–H and O–H groups in total. The maximum atomic E-state index is 5.80. The van der Waals surface area contributed by atoms with Crippen LogP contribution in [0.15, 0.2) is 28.9 Å². The first-order chi connectivity index (χ1) is 8.11. The minimum Gasteiger partial charge on any atom is -0.496 e. The number of halogens is 1. The molecule has 0 radical (unpaired) electrons. The lowest BCUT2D eigenvalue weighted by Crippen LogP contribution is -2.01. The van der Waals surface area contributed by atoms with E-state index in [1.54, 1.807) is 13.3 Å². The van der Waals surface area contributed by atoms with Gasteiger partial charge >= 0.3 is 0 Å². The van der Waals surface area contributed by atoms with Gasteiger partial charge in [0, 0.05) is 11.8 Å². The fourth-order valence-corrected chi connectivity index (χ4v) is 2.01. The second kappa shape index (κ2) is 4.58. The van der Waals surface area contributed by atoms with Crippen molar-refractivity contribution in [3.05, 3.63) is 28.9 Å². The number of nitrogens with two attached hydrogens (primary N) is 2. The topological polar surface area (TPSA) is 87.0 Å². The lowest BCUT2D eigenvalue weighted by molar-refractivity contribution is 0.412. The van der Waals surface area contributed by atoms with Crippen molar-refractivity contribution in [1.82, 2.24) is 9.97 Å². The Balaban J connectivity index is 2.50. The first-order valence-corrected chi connectivity index (χ1v) is 5.63. The summed E-state index contributed by atoms with van der Waals surface area (Å²) >= 11 is 3.41. The predicted octanol–water partition coefficient (Wildman–Crippen LogP) is 2.08. The van der Waals surface area contributed by atoms with Gasteiger partial charge in [-0.25, -0.2) is 4.98 Å². The molecule has 0 saturated heterocycles. The molecule has 2 rings (SSSR count). The monoisotopic (exact) mass is 294 g/mol.